The molecule has 0 radical (unpaired) electrons. The van der Waals surface area contributed by atoms with Gasteiger partial charge in [-0.1, -0.05) is 0 Å². The maximum atomic E-state index is 11.3. The summed E-state index contributed by atoms with van der Waals surface area (Å²) in [4.78, 5) is 26.2. The molecule has 1 aromatic heterocycles. The number of methoxy groups -OCH3 is 1. The zero-order chi connectivity index (χ0) is 12.0. The van der Waals surface area contributed by atoms with Gasteiger partial charge < -0.3 is 10.1 Å². The molecule has 0 spiro atoms. The molecule has 5 nitrogen and oxygen atoms in total. The topological polar surface area (TPSA) is 68.3 Å². The fourth-order valence-corrected chi connectivity index (χ4v) is 1.25. The summed E-state index contributed by atoms with van der Waals surface area (Å²) >= 11 is 0. The fraction of sp³-hybridized carbons (Fsp3) is 0.364. The Labute approximate surface area is 93.8 Å². The number of hydrogen-bond donors (Lipinski definition) is 1. The van der Waals surface area contributed by atoms with Crippen LogP contribution in [0.4, 0.5) is 4.79 Å². The minimum atomic E-state index is -0.603. The lowest BCUT2D eigenvalue weighted by molar-refractivity contribution is -0.118. The number of rotatable bonds is 4. The van der Waals surface area contributed by atoms with Gasteiger partial charge in [-0.2, -0.15) is 0 Å². The summed E-state index contributed by atoms with van der Waals surface area (Å²) in [7, 11) is 1.26. The predicted octanol–water partition coefficient (Wildman–Crippen LogP) is 0.938. The van der Waals surface area contributed by atoms with Crippen LogP contribution in [0, 0.1) is 0 Å². The molecule has 1 amide bonds. The lowest BCUT2D eigenvalue weighted by Gasteiger charge is -2.14. The van der Waals surface area contributed by atoms with Gasteiger partial charge in [0.05, 0.1) is 13.2 Å². The largest absolute Gasteiger partial charge is 0.453 e. The molecule has 0 aliphatic rings. The van der Waals surface area contributed by atoms with E-state index in [1.165, 1.54) is 14.0 Å². The Kier molecular flexibility index (Phi) is 4.44. The van der Waals surface area contributed by atoms with E-state index in [1.54, 1.807) is 24.5 Å². The summed E-state index contributed by atoms with van der Waals surface area (Å²) < 4.78 is 4.45. The van der Waals surface area contributed by atoms with Crippen LogP contribution in [0.25, 0.3) is 0 Å². The van der Waals surface area contributed by atoms with Gasteiger partial charge in [0.2, 0.25) is 0 Å². The summed E-state index contributed by atoms with van der Waals surface area (Å²) in [5.74, 6) is -0.109. The van der Waals surface area contributed by atoms with Crippen LogP contribution in [0.15, 0.2) is 24.5 Å². The normalized spacial score (nSPS) is 11.6. The van der Waals surface area contributed by atoms with Gasteiger partial charge in [0.15, 0.2) is 5.78 Å². The van der Waals surface area contributed by atoms with Crippen molar-refractivity contribution in [2.45, 2.75) is 19.4 Å². The van der Waals surface area contributed by atoms with Crippen LogP contribution < -0.4 is 5.32 Å². The highest BCUT2D eigenvalue weighted by atomic mass is 16.5. The van der Waals surface area contributed by atoms with E-state index in [2.05, 4.69) is 15.0 Å². The SMILES string of the molecule is COC(=O)NC(Cc1ccncc1)C(C)=O. The number of nitrogens with zero attached hydrogens (tertiary/aromatic N) is 1. The van der Waals surface area contributed by atoms with E-state index in [4.69, 9.17) is 0 Å². The van der Waals surface area contributed by atoms with Gasteiger partial charge in [-0.05, 0) is 31.0 Å². The van der Waals surface area contributed by atoms with E-state index in [1.807, 2.05) is 0 Å². The van der Waals surface area contributed by atoms with Gasteiger partial charge in [0.1, 0.15) is 0 Å². The molecular formula is C11H14N2O3. The molecule has 0 aliphatic heterocycles. The van der Waals surface area contributed by atoms with Crippen molar-refractivity contribution in [3.63, 3.8) is 0 Å². The monoisotopic (exact) mass is 222 g/mol. The van der Waals surface area contributed by atoms with Gasteiger partial charge in [0.25, 0.3) is 0 Å². The molecule has 1 N–H and O–H groups in total. The van der Waals surface area contributed by atoms with E-state index in [0.717, 1.165) is 5.56 Å². The molecule has 1 atom stereocenters. The molecule has 0 fully saturated rings. The summed E-state index contributed by atoms with van der Waals surface area (Å²) in [6, 6.07) is 3.04. The average molecular weight is 222 g/mol. The first-order valence-electron chi connectivity index (χ1n) is 4.87. The van der Waals surface area contributed by atoms with Gasteiger partial charge >= 0.3 is 6.09 Å². The van der Waals surface area contributed by atoms with Crippen molar-refractivity contribution in [1.29, 1.82) is 0 Å². The molecule has 1 aromatic rings. The number of Topliss-reactive ketones (excluding diaryl/α,β-unsaturated/α-hetero) is 1. The number of hydrogen-bond acceptors (Lipinski definition) is 4. The molecule has 0 bridgehead atoms. The lowest BCUT2D eigenvalue weighted by Crippen LogP contribution is -2.41. The number of nitrogens with one attached hydrogen (secondary N) is 1. The first-order valence-corrected chi connectivity index (χ1v) is 4.87. The Bertz CT molecular complexity index is 365. The highest BCUT2D eigenvalue weighted by Crippen LogP contribution is 2.02. The molecule has 86 valence electrons. The standard InChI is InChI=1S/C11H14N2O3/c1-8(14)10(13-11(15)16-2)7-9-3-5-12-6-4-9/h3-6,10H,7H2,1-2H3,(H,13,15). The molecule has 1 heterocycles. The van der Waals surface area contributed by atoms with Crippen molar-refractivity contribution < 1.29 is 14.3 Å². The number of ether oxygens (including phenoxy) is 1. The van der Waals surface area contributed by atoms with Crippen molar-refractivity contribution in [3.8, 4) is 0 Å². The summed E-state index contributed by atoms with van der Waals surface area (Å²) in [5.41, 5.74) is 0.937. The van der Waals surface area contributed by atoms with Crippen LogP contribution in [0.2, 0.25) is 0 Å². The van der Waals surface area contributed by atoms with Crippen LogP contribution in [-0.4, -0.2) is 30.0 Å². The first-order chi connectivity index (χ1) is 7.63. The summed E-state index contributed by atoms with van der Waals surface area (Å²) in [5, 5.41) is 2.48. The predicted molar refractivity (Wildman–Crippen MR) is 58.0 cm³/mol. The molecule has 5 heteroatoms. The summed E-state index contributed by atoms with van der Waals surface area (Å²) in [6.07, 6.45) is 3.12. The minimum absolute atomic E-state index is 0.109. The van der Waals surface area contributed by atoms with Crippen LogP contribution in [-0.2, 0) is 16.0 Å². The molecule has 0 saturated carbocycles. The maximum absolute atomic E-state index is 11.3. The second-order valence-corrected chi connectivity index (χ2v) is 3.36. The van der Waals surface area contributed by atoms with Gasteiger partial charge in [-0.25, -0.2) is 4.79 Å². The van der Waals surface area contributed by atoms with E-state index in [0.29, 0.717) is 6.42 Å². The van der Waals surface area contributed by atoms with Crippen molar-refractivity contribution in [3.05, 3.63) is 30.1 Å². The summed E-state index contributed by atoms with van der Waals surface area (Å²) in [6.45, 7) is 1.43. The van der Waals surface area contributed by atoms with Crippen LogP contribution >= 0.6 is 0 Å². The lowest BCUT2D eigenvalue weighted by atomic mass is 10.0. The zero-order valence-corrected chi connectivity index (χ0v) is 9.27. The molecule has 0 aromatic carbocycles. The van der Waals surface area contributed by atoms with Crippen LogP contribution in [0.5, 0.6) is 0 Å². The number of aromatic nitrogens is 1. The Morgan fingerprint density at radius 1 is 1.44 bits per heavy atom. The van der Waals surface area contributed by atoms with Crippen molar-refractivity contribution in [2.24, 2.45) is 0 Å². The Hall–Kier alpha value is -1.91. The Morgan fingerprint density at radius 3 is 2.56 bits per heavy atom. The number of alkyl carbamates (subject to hydrolysis) is 1. The molecule has 0 aliphatic carbocycles. The average Bonchev–Trinajstić information content (AvgIpc) is 2.29. The second-order valence-electron chi connectivity index (χ2n) is 3.36. The number of pyridine rings is 1. The van der Waals surface area contributed by atoms with E-state index in [-0.39, 0.29) is 5.78 Å². The smallest absolute Gasteiger partial charge is 0.407 e. The number of carbonyl (C=O) groups is 2. The second kappa shape index (κ2) is 5.85. The van der Waals surface area contributed by atoms with Crippen molar-refractivity contribution >= 4 is 11.9 Å². The fourth-order valence-electron chi connectivity index (χ4n) is 1.25. The third kappa shape index (κ3) is 3.68. The zero-order valence-electron chi connectivity index (χ0n) is 9.27. The third-order valence-corrected chi connectivity index (χ3v) is 2.16. The van der Waals surface area contributed by atoms with E-state index in [9.17, 15) is 9.59 Å². The Morgan fingerprint density at radius 2 is 2.06 bits per heavy atom. The van der Waals surface area contributed by atoms with Gasteiger partial charge in [-0.15, -0.1) is 0 Å². The molecule has 16 heavy (non-hydrogen) atoms. The van der Waals surface area contributed by atoms with Crippen LogP contribution in [0.1, 0.15) is 12.5 Å². The number of amides is 1. The van der Waals surface area contributed by atoms with Crippen molar-refractivity contribution in [1.82, 2.24) is 10.3 Å². The molecule has 1 unspecified atom stereocenters. The van der Waals surface area contributed by atoms with E-state index >= 15 is 0 Å². The minimum Gasteiger partial charge on any atom is -0.453 e. The first kappa shape index (κ1) is 12.2. The molecule has 0 saturated heterocycles. The van der Waals surface area contributed by atoms with Crippen LogP contribution in [0.3, 0.4) is 0 Å². The third-order valence-electron chi connectivity index (χ3n) is 2.16. The molecule has 1 rings (SSSR count). The highest BCUT2D eigenvalue weighted by Gasteiger charge is 2.17. The van der Waals surface area contributed by atoms with Gasteiger partial charge in [-0.3, -0.25) is 9.78 Å². The molecular weight excluding hydrogens is 208 g/mol. The quantitative estimate of drug-likeness (QED) is 0.823. The van der Waals surface area contributed by atoms with E-state index < -0.39 is 12.1 Å². The maximum Gasteiger partial charge on any atom is 0.407 e. The van der Waals surface area contributed by atoms with Gasteiger partial charge in [0, 0.05) is 12.4 Å². The Balaban J connectivity index is 2.65. The number of carbonyl (C=O) groups excluding carboxylic acids is 2. The highest BCUT2D eigenvalue weighted by molar-refractivity contribution is 5.85. The number of ketones is 1. The van der Waals surface area contributed by atoms with Crippen molar-refractivity contribution in [2.75, 3.05) is 7.11 Å².